The Kier molecular flexibility index (Phi) is 5.61. The molecule has 4 heteroatoms. The Hall–Kier alpha value is -2.72. The SMILES string of the molecule is CO[C@@H](CC(C)(C)c1ccccc1)[C@]1(C)Cc2cnn(-c3ccc(F)cc3)c2C=C1C. The van der Waals surface area contributed by atoms with Crippen LogP contribution in [0.25, 0.3) is 11.8 Å². The minimum atomic E-state index is -0.243. The van der Waals surface area contributed by atoms with Gasteiger partial charge in [-0.2, -0.15) is 5.10 Å². The number of hydrogen-bond donors (Lipinski definition) is 0. The molecular formula is C27H31FN2O. The van der Waals surface area contributed by atoms with Gasteiger partial charge in [0.05, 0.1) is 23.7 Å². The van der Waals surface area contributed by atoms with E-state index in [1.54, 1.807) is 12.1 Å². The first-order valence-corrected chi connectivity index (χ1v) is 10.8. The Labute approximate surface area is 184 Å². The second kappa shape index (κ2) is 8.08. The van der Waals surface area contributed by atoms with Crippen LogP contribution in [-0.4, -0.2) is 23.0 Å². The summed E-state index contributed by atoms with van der Waals surface area (Å²) in [6.45, 7) is 9.06. The first-order valence-electron chi connectivity index (χ1n) is 10.8. The molecule has 0 fully saturated rings. The van der Waals surface area contributed by atoms with Crippen LogP contribution in [0.15, 0.2) is 66.4 Å². The van der Waals surface area contributed by atoms with Crippen LogP contribution >= 0.6 is 0 Å². The van der Waals surface area contributed by atoms with Crippen LogP contribution in [0.2, 0.25) is 0 Å². The van der Waals surface area contributed by atoms with Crippen molar-refractivity contribution in [3.8, 4) is 5.69 Å². The molecule has 31 heavy (non-hydrogen) atoms. The van der Waals surface area contributed by atoms with E-state index in [1.807, 2.05) is 18.0 Å². The fourth-order valence-corrected chi connectivity index (χ4v) is 4.78. The van der Waals surface area contributed by atoms with E-state index < -0.39 is 0 Å². The number of methoxy groups -OCH3 is 1. The standard InChI is InChI=1S/C27H31FN2O/c1-19-15-24-20(18-29-30(24)23-13-11-22(28)12-14-23)16-27(19,4)25(31-5)17-26(2,3)21-9-7-6-8-10-21/h6-15,18,25H,16-17H2,1-5H3/t25-,27+/m0/s1. The van der Waals surface area contributed by atoms with Crippen LogP contribution in [0.1, 0.15) is 50.9 Å². The lowest BCUT2D eigenvalue weighted by molar-refractivity contribution is -0.00265. The van der Waals surface area contributed by atoms with Gasteiger partial charge >= 0.3 is 0 Å². The van der Waals surface area contributed by atoms with Crippen molar-refractivity contribution in [1.29, 1.82) is 0 Å². The summed E-state index contributed by atoms with van der Waals surface area (Å²) in [5.74, 6) is -0.243. The Balaban J connectivity index is 1.65. The highest BCUT2D eigenvalue weighted by Gasteiger charge is 2.42. The number of aromatic nitrogens is 2. The highest BCUT2D eigenvalue weighted by Crippen LogP contribution is 2.46. The number of ether oxygens (including phenoxy) is 1. The van der Waals surface area contributed by atoms with Crippen LogP contribution in [0, 0.1) is 11.2 Å². The summed E-state index contributed by atoms with van der Waals surface area (Å²) in [6.07, 6.45) is 5.98. The zero-order valence-corrected chi connectivity index (χ0v) is 19.0. The van der Waals surface area contributed by atoms with Crippen molar-refractivity contribution in [2.75, 3.05) is 7.11 Å². The third-order valence-corrected chi connectivity index (χ3v) is 7.02. The number of hydrogen-bond acceptors (Lipinski definition) is 2. The fraction of sp³-hybridized carbons (Fsp3) is 0.370. The van der Waals surface area contributed by atoms with Gasteiger partial charge in [-0.1, -0.05) is 56.7 Å². The van der Waals surface area contributed by atoms with Gasteiger partial charge in [0.25, 0.3) is 0 Å². The van der Waals surface area contributed by atoms with Gasteiger partial charge in [-0.25, -0.2) is 9.07 Å². The molecule has 1 aromatic heterocycles. The first kappa shape index (κ1) is 21.5. The van der Waals surface area contributed by atoms with E-state index in [-0.39, 0.29) is 22.8 Å². The third-order valence-electron chi connectivity index (χ3n) is 7.02. The van der Waals surface area contributed by atoms with Crippen LogP contribution in [0.4, 0.5) is 4.39 Å². The largest absolute Gasteiger partial charge is 0.381 e. The fourth-order valence-electron chi connectivity index (χ4n) is 4.78. The minimum Gasteiger partial charge on any atom is -0.381 e. The van der Waals surface area contributed by atoms with E-state index in [4.69, 9.17) is 4.74 Å². The number of benzene rings is 2. The summed E-state index contributed by atoms with van der Waals surface area (Å²) in [5.41, 5.74) is 5.58. The number of halogens is 1. The van der Waals surface area contributed by atoms with E-state index >= 15 is 0 Å². The highest BCUT2D eigenvalue weighted by atomic mass is 19.1. The Morgan fingerprint density at radius 2 is 1.81 bits per heavy atom. The summed E-state index contributed by atoms with van der Waals surface area (Å²) in [7, 11) is 1.82. The molecule has 0 unspecified atom stereocenters. The van der Waals surface area contributed by atoms with Crippen molar-refractivity contribution < 1.29 is 9.13 Å². The van der Waals surface area contributed by atoms with Gasteiger partial charge in [0, 0.05) is 12.5 Å². The Bertz CT molecular complexity index is 1080. The molecule has 0 bridgehead atoms. The van der Waals surface area contributed by atoms with Crippen molar-refractivity contribution in [2.24, 2.45) is 5.41 Å². The van der Waals surface area contributed by atoms with E-state index in [9.17, 15) is 4.39 Å². The molecule has 4 rings (SSSR count). The van der Waals surface area contributed by atoms with Crippen LogP contribution in [0.3, 0.4) is 0 Å². The molecule has 3 aromatic rings. The van der Waals surface area contributed by atoms with Crippen LogP contribution in [-0.2, 0) is 16.6 Å². The molecule has 0 aliphatic heterocycles. The normalized spacial score (nSPS) is 19.6. The maximum atomic E-state index is 13.4. The Morgan fingerprint density at radius 3 is 2.45 bits per heavy atom. The molecule has 2 atom stereocenters. The van der Waals surface area contributed by atoms with Crippen molar-refractivity contribution in [3.63, 3.8) is 0 Å². The highest BCUT2D eigenvalue weighted by molar-refractivity contribution is 5.60. The summed E-state index contributed by atoms with van der Waals surface area (Å²) in [4.78, 5) is 0. The number of fused-ring (bicyclic) bond motifs is 1. The molecule has 162 valence electrons. The third kappa shape index (κ3) is 3.97. The van der Waals surface area contributed by atoms with Crippen LogP contribution < -0.4 is 0 Å². The van der Waals surface area contributed by atoms with Crippen molar-refractivity contribution in [3.05, 3.63) is 89.0 Å². The van der Waals surface area contributed by atoms with Crippen molar-refractivity contribution in [2.45, 2.75) is 52.1 Å². The molecule has 0 spiro atoms. The van der Waals surface area contributed by atoms with E-state index in [0.717, 1.165) is 24.2 Å². The summed E-state index contributed by atoms with van der Waals surface area (Å²) < 4.78 is 21.4. The smallest absolute Gasteiger partial charge is 0.123 e. The zero-order valence-electron chi connectivity index (χ0n) is 19.0. The summed E-state index contributed by atoms with van der Waals surface area (Å²) >= 11 is 0. The van der Waals surface area contributed by atoms with Crippen molar-refractivity contribution in [1.82, 2.24) is 9.78 Å². The van der Waals surface area contributed by atoms with Gasteiger partial charge in [0.15, 0.2) is 0 Å². The molecule has 3 nitrogen and oxygen atoms in total. The number of nitrogens with zero attached hydrogens (tertiary/aromatic N) is 2. The Morgan fingerprint density at radius 1 is 1.13 bits per heavy atom. The lowest BCUT2D eigenvalue weighted by atomic mass is 9.65. The molecular weight excluding hydrogens is 387 g/mol. The molecule has 0 radical (unpaired) electrons. The molecule has 0 saturated heterocycles. The van der Waals surface area contributed by atoms with E-state index in [2.05, 4.69) is 69.2 Å². The average molecular weight is 419 g/mol. The van der Waals surface area contributed by atoms with E-state index in [0.29, 0.717) is 0 Å². The molecule has 0 saturated carbocycles. The molecule has 1 aliphatic rings. The second-order valence-corrected chi connectivity index (χ2v) is 9.54. The van der Waals surface area contributed by atoms with Gasteiger partial charge in [0.2, 0.25) is 0 Å². The maximum Gasteiger partial charge on any atom is 0.123 e. The molecule has 2 aromatic carbocycles. The molecule has 0 N–H and O–H groups in total. The van der Waals surface area contributed by atoms with Gasteiger partial charge in [-0.3, -0.25) is 0 Å². The van der Waals surface area contributed by atoms with Crippen molar-refractivity contribution >= 4 is 6.08 Å². The van der Waals surface area contributed by atoms with Gasteiger partial charge < -0.3 is 4.74 Å². The number of rotatable bonds is 6. The monoisotopic (exact) mass is 418 g/mol. The summed E-state index contributed by atoms with van der Waals surface area (Å²) in [6, 6.07) is 17.1. The molecule has 1 heterocycles. The maximum absolute atomic E-state index is 13.4. The minimum absolute atomic E-state index is 0.0101. The van der Waals surface area contributed by atoms with Gasteiger partial charge in [-0.15, -0.1) is 0 Å². The predicted octanol–water partition coefficient (Wildman–Crippen LogP) is 6.36. The van der Waals surface area contributed by atoms with Crippen LogP contribution in [0.5, 0.6) is 0 Å². The lowest BCUT2D eigenvalue weighted by Gasteiger charge is -2.43. The quantitative estimate of drug-likeness (QED) is 0.466. The summed E-state index contributed by atoms with van der Waals surface area (Å²) in [5, 5.41) is 4.61. The van der Waals surface area contributed by atoms with Gasteiger partial charge in [0.1, 0.15) is 5.82 Å². The topological polar surface area (TPSA) is 27.1 Å². The second-order valence-electron chi connectivity index (χ2n) is 9.54. The zero-order chi connectivity index (χ0) is 22.2. The average Bonchev–Trinajstić information content (AvgIpc) is 3.15. The first-order chi connectivity index (χ1) is 14.7. The lowest BCUT2D eigenvalue weighted by Crippen LogP contribution is -2.42. The molecule has 1 aliphatic carbocycles. The molecule has 0 amide bonds. The van der Waals surface area contributed by atoms with Gasteiger partial charge in [-0.05, 0) is 66.6 Å². The predicted molar refractivity (Wildman–Crippen MR) is 124 cm³/mol. The van der Waals surface area contributed by atoms with E-state index in [1.165, 1.54) is 28.8 Å².